The molecule has 0 aliphatic heterocycles. The van der Waals surface area contributed by atoms with Gasteiger partial charge in [-0.1, -0.05) is 13.8 Å². The van der Waals surface area contributed by atoms with Crippen molar-refractivity contribution in [3.05, 3.63) is 0 Å². The second-order valence-electron chi connectivity index (χ2n) is 5.50. The van der Waals surface area contributed by atoms with Gasteiger partial charge < -0.3 is 31.7 Å². The molecule has 132 valence electrons. The lowest BCUT2D eigenvalue weighted by molar-refractivity contribution is -0.145. The number of carboxylic acid groups (broad SMARTS) is 2. The first-order valence-electron chi connectivity index (χ1n) is 6.96. The molecule has 0 saturated carbocycles. The summed E-state index contributed by atoms with van der Waals surface area (Å²) < 4.78 is 0. The van der Waals surface area contributed by atoms with Crippen LogP contribution in [0.2, 0.25) is 0 Å². The number of amides is 2. The molecule has 0 bridgehead atoms. The number of rotatable bonds is 9. The normalized spacial score (nSPS) is 16.1. The van der Waals surface area contributed by atoms with Crippen LogP contribution in [0.4, 0.5) is 0 Å². The fraction of sp³-hybridized carbons (Fsp3) is 0.692. The van der Waals surface area contributed by atoms with Crippen LogP contribution in [0.25, 0.3) is 0 Å². The summed E-state index contributed by atoms with van der Waals surface area (Å²) >= 11 is 0. The summed E-state index contributed by atoms with van der Waals surface area (Å²) in [6.07, 6.45) is -1.95. The van der Waals surface area contributed by atoms with Gasteiger partial charge in [0.2, 0.25) is 11.8 Å². The number of hydrogen-bond acceptors (Lipinski definition) is 6. The lowest BCUT2D eigenvalue weighted by Crippen LogP contribution is -2.58. The molecule has 0 unspecified atom stereocenters. The molecular formula is C13H23N3O7. The largest absolute Gasteiger partial charge is 0.481 e. The lowest BCUT2D eigenvalue weighted by atomic mass is 10.0. The molecule has 4 atom stereocenters. The summed E-state index contributed by atoms with van der Waals surface area (Å²) in [5, 5.41) is 31.3. The molecule has 0 fully saturated rings. The molecule has 0 aromatic rings. The fourth-order valence-electron chi connectivity index (χ4n) is 1.71. The fourth-order valence-corrected chi connectivity index (χ4v) is 1.71. The van der Waals surface area contributed by atoms with Gasteiger partial charge >= 0.3 is 11.9 Å². The third kappa shape index (κ3) is 7.06. The van der Waals surface area contributed by atoms with Crippen molar-refractivity contribution < 1.29 is 34.5 Å². The van der Waals surface area contributed by atoms with E-state index in [0.29, 0.717) is 0 Å². The number of carboxylic acids is 2. The molecule has 10 nitrogen and oxygen atoms in total. The Hall–Kier alpha value is -2.20. The van der Waals surface area contributed by atoms with Crippen LogP contribution in [0.1, 0.15) is 27.2 Å². The van der Waals surface area contributed by atoms with E-state index in [1.54, 1.807) is 13.8 Å². The molecule has 0 rings (SSSR count). The second kappa shape index (κ2) is 9.06. The summed E-state index contributed by atoms with van der Waals surface area (Å²) in [4.78, 5) is 45.4. The highest BCUT2D eigenvalue weighted by atomic mass is 16.4. The first kappa shape index (κ1) is 20.8. The number of aliphatic hydroxyl groups excluding tert-OH is 1. The summed E-state index contributed by atoms with van der Waals surface area (Å²) in [6, 6.07) is -4.00. The average Bonchev–Trinajstić information content (AvgIpc) is 2.39. The standard InChI is InChI=1S/C13H23N3O7/c1-5(2)9(15-11(20)7(14)4-8(18)19)12(21)16-10(6(3)17)13(22)23/h5-7,9-10,17H,4,14H2,1-3H3,(H,15,20)(H,16,21)(H,18,19)(H,22,23)/t6-,7+,9+,10+/m1/s1. The molecule has 0 aliphatic carbocycles. The number of nitrogens with two attached hydrogens (primary N) is 1. The van der Waals surface area contributed by atoms with Crippen LogP contribution in [0.15, 0.2) is 0 Å². The molecule has 0 aliphatic rings. The average molecular weight is 333 g/mol. The minimum absolute atomic E-state index is 0.417. The Balaban J connectivity index is 4.97. The topological polar surface area (TPSA) is 179 Å². The highest BCUT2D eigenvalue weighted by Gasteiger charge is 2.32. The van der Waals surface area contributed by atoms with Gasteiger partial charge in [0.05, 0.1) is 18.6 Å². The molecule has 23 heavy (non-hydrogen) atoms. The molecule has 0 saturated heterocycles. The SMILES string of the molecule is CC(C)[C@H](NC(=O)[C@@H](N)CC(=O)O)C(=O)N[C@H](C(=O)O)[C@@H](C)O. The van der Waals surface area contributed by atoms with Crippen molar-refractivity contribution in [1.82, 2.24) is 10.6 Å². The first-order valence-corrected chi connectivity index (χ1v) is 6.96. The Kier molecular flexibility index (Phi) is 8.19. The van der Waals surface area contributed by atoms with Crippen LogP contribution in [0.5, 0.6) is 0 Å². The highest BCUT2D eigenvalue weighted by Crippen LogP contribution is 2.05. The lowest BCUT2D eigenvalue weighted by Gasteiger charge is -2.25. The number of carbonyl (C=O) groups is 4. The van der Waals surface area contributed by atoms with E-state index >= 15 is 0 Å². The number of aliphatic hydroxyl groups is 1. The summed E-state index contributed by atoms with van der Waals surface area (Å²) in [5.41, 5.74) is 5.41. The number of nitrogens with one attached hydrogen (secondary N) is 2. The highest BCUT2D eigenvalue weighted by molar-refractivity contribution is 5.93. The molecule has 0 radical (unpaired) electrons. The Morgan fingerprint density at radius 1 is 0.957 bits per heavy atom. The van der Waals surface area contributed by atoms with E-state index in [2.05, 4.69) is 10.6 Å². The molecule has 0 spiro atoms. The number of aliphatic carboxylic acids is 2. The van der Waals surface area contributed by atoms with Gasteiger partial charge in [-0.2, -0.15) is 0 Å². The zero-order valence-electron chi connectivity index (χ0n) is 13.1. The van der Waals surface area contributed by atoms with Crippen molar-refractivity contribution >= 4 is 23.8 Å². The quantitative estimate of drug-likeness (QED) is 0.277. The minimum atomic E-state index is -1.53. The molecular weight excluding hydrogens is 310 g/mol. The zero-order valence-corrected chi connectivity index (χ0v) is 13.1. The van der Waals surface area contributed by atoms with Gasteiger partial charge in [0.15, 0.2) is 6.04 Å². The van der Waals surface area contributed by atoms with Gasteiger partial charge in [0.25, 0.3) is 0 Å². The van der Waals surface area contributed by atoms with E-state index in [1.165, 1.54) is 6.92 Å². The molecule has 10 heteroatoms. The van der Waals surface area contributed by atoms with Crippen LogP contribution < -0.4 is 16.4 Å². The Bertz CT molecular complexity index is 464. The predicted molar refractivity (Wildman–Crippen MR) is 78.2 cm³/mol. The Labute approximate surface area is 133 Å². The molecule has 0 heterocycles. The van der Waals surface area contributed by atoms with E-state index in [9.17, 15) is 24.3 Å². The monoisotopic (exact) mass is 333 g/mol. The van der Waals surface area contributed by atoms with Gasteiger partial charge in [-0.25, -0.2) is 4.79 Å². The van der Waals surface area contributed by atoms with Gasteiger partial charge in [0.1, 0.15) is 6.04 Å². The minimum Gasteiger partial charge on any atom is -0.481 e. The van der Waals surface area contributed by atoms with Crippen molar-refractivity contribution in [2.75, 3.05) is 0 Å². The van der Waals surface area contributed by atoms with Crippen molar-refractivity contribution in [2.45, 2.75) is 51.4 Å². The van der Waals surface area contributed by atoms with Crippen molar-refractivity contribution in [2.24, 2.45) is 11.7 Å². The van der Waals surface area contributed by atoms with Gasteiger partial charge in [0, 0.05) is 0 Å². The van der Waals surface area contributed by atoms with Crippen molar-refractivity contribution in [1.29, 1.82) is 0 Å². The number of carbonyl (C=O) groups excluding carboxylic acids is 2. The maximum absolute atomic E-state index is 12.1. The van der Waals surface area contributed by atoms with Crippen LogP contribution >= 0.6 is 0 Å². The van der Waals surface area contributed by atoms with E-state index in [1.807, 2.05) is 0 Å². The Morgan fingerprint density at radius 2 is 1.43 bits per heavy atom. The number of hydrogen-bond donors (Lipinski definition) is 6. The van der Waals surface area contributed by atoms with Crippen molar-refractivity contribution in [3.63, 3.8) is 0 Å². The van der Waals surface area contributed by atoms with Crippen LogP contribution in [-0.2, 0) is 19.2 Å². The second-order valence-corrected chi connectivity index (χ2v) is 5.50. The van der Waals surface area contributed by atoms with Gasteiger partial charge in [-0.05, 0) is 12.8 Å². The van der Waals surface area contributed by atoms with Crippen LogP contribution in [0, 0.1) is 5.92 Å². The van der Waals surface area contributed by atoms with Crippen molar-refractivity contribution in [3.8, 4) is 0 Å². The maximum Gasteiger partial charge on any atom is 0.328 e. The third-order valence-corrected chi connectivity index (χ3v) is 3.02. The van der Waals surface area contributed by atoms with Crippen LogP contribution in [0.3, 0.4) is 0 Å². The maximum atomic E-state index is 12.1. The third-order valence-electron chi connectivity index (χ3n) is 3.02. The molecule has 0 aromatic carbocycles. The summed E-state index contributed by atoms with van der Waals surface area (Å²) in [5.74, 6) is -4.77. The molecule has 7 N–H and O–H groups in total. The van der Waals surface area contributed by atoms with E-state index in [-0.39, 0.29) is 0 Å². The summed E-state index contributed by atoms with van der Waals surface area (Å²) in [6.45, 7) is 4.40. The summed E-state index contributed by atoms with van der Waals surface area (Å²) in [7, 11) is 0. The smallest absolute Gasteiger partial charge is 0.328 e. The van der Waals surface area contributed by atoms with E-state index in [0.717, 1.165) is 0 Å². The van der Waals surface area contributed by atoms with Gasteiger partial charge in [-0.3, -0.25) is 14.4 Å². The van der Waals surface area contributed by atoms with E-state index in [4.69, 9.17) is 15.9 Å². The van der Waals surface area contributed by atoms with E-state index < -0.39 is 60.3 Å². The molecule has 2 amide bonds. The van der Waals surface area contributed by atoms with Gasteiger partial charge in [-0.15, -0.1) is 0 Å². The zero-order chi connectivity index (χ0) is 18.3. The first-order chi connectivity index (χ1) is 10.5. The predicted octanol–water partition coefficient (Wildman–Crippen LogP) is -2.12. The molecule has 0 aromatic heterocycles. The van der Waals surface area contributed by atoms with Crippen LogP contribution in [-0.4, -0.2) is 63.3 Å². The Morgan fingerprint density at radius 3 is 1.78 bits per heavy atom.